The monoisotopic (exact) mass is 567 g/mol. The molecular weight excluding hydrogens is 536 g/mol. The Morgan fingerprint density at radius 2 is 1.88 bits per heavy atom. The van der Waals surface area contributed by atoms with Gasteiger partial charge in [-0.2, -0.15) is 0 Å². The van der Waals surface area contributed by atoms with Crippen LogP contribution in [0.1, 0.15) is 42.5 Å². The molecule has 0 radical (unpaired) electrons. The van der Waals surface area contributed by atoms with Crippen molar-refractivity contribution in [1.82, 2.24) is 24.5 Å². The fourth-order valence-corrected chi connectivity index (χ4v) is 6.36. The van der Waals surface area contributed by atoms with E-state index in [1.54, 1.807) is 17.0 Å². The third kappa shape index (κ3) is 5.66. The summed E-state index contributed by atoms with van der Waals surface area (Å²) < 4.78 is 36.2. The molecule has 2 aromatic heterocycles. The third-order valence-corrected chi connectivity index (χ3v) is 8.62. The number of likely N-dealkylation sites (tertiary alicyclic amines) is 2. The van der Waals surface area contributed by atoms with Crippen LogP contribution in [0.4, 0.5) is 13.6 Å². The van der Waals surface area contributed by atoms with Gasteiger partial charge < -0.3 is 19.9 Å². The minimum atomic E-state index is -0.676. The van der Waals surface area contributed by atoms with Crippen LogP contribution in [0.3, 0.4) is 0 Å². The van der Waals surface area contributed by atoms with Gasteiger partial charge in [-0.05, 0) is 75.0 Å². The molecule has 40 heavy (non-hydrogen) atoms. The summed E-state index contributed by atoms with van der Waals surface area (Å²) >= 11 is 1.45. The van der Waals surface area contributed by atoms with Crippen LogP contribution in [-0.2, 0) is 0 Å². The van der Waals surface area contributed by atoms with Crippen molar-refractivity contribution in [2.24, 2.45) is 0 Å². The predicted molar refractivity (Wildman–Crippen MR) is 150 cm³/mol. The average molecular weight is 568 g/mol. The molecule has 2 fully saturated rings. The first-order chi connectivity index (χ1) is 19.4. The molecule has 210 valence electrons. The zero-order valence-electron chi connectivity index (χ0n) is 22.1. The SMILES string of the molecule is O=C(NCCCN1CCC(F)CC1)c1ccc2c(c1)sc1nc(-c3ccc(OC(=O)N4CCCC4)c(F)c3)cn12. The molecule has 0 spiro atoms. The number of thiazole rings is 1. The number of imidazole rings is 1. The molecule has 2 saturated heterocycles. The maximum Gasteiger partial charge on any atom is 0.415 e. The molecule has 4 heterocycles. The van der Waals surface area contributed by atoms with E-state index in [1.165, 1.54) is 23.5 Å². The number of carbonyl (C=O) groups is 2. The van der Waals surface area contributed by atoms with Gasteiger partial charge in [0.1, 0.15) is 6.17 Å². The molecule has 11 heteroatoms. The summed E-state index contributed by atoms with van der Waals surface area (Å²) in [4.78, 5) is 34.2. The molecule has 6 rings (SSSR count). The minimum Gasteiger partial charge on any atom is -0.407 e. The number of hydrogen-bond donors (Lipinski definition) is 1. The third-order valence-electron chi connectivity index (χ3n) is 7.60. The first kappa shape index (κ1) is 26.6. The van der Waals surface area contributed by atoms with Gasteiger partial charge in [0.15, 0.2) is 16.5 Å². The number of hydrogen-bond acceptors (Lipinski definition) is 6. The molecule has 1 N–H and O–H groups in total. The number of ether oxygens (including phenoxy) is 1. The van der Waals surface area contributed by atoms with Gasteiger partial charge in [-0.1, -0.05) is 11.3 Å². The topological polar surface area (TPSA) is 79.2 Å². The van der Waals surface area contributed by atoms with Gasteiger partial charge in [0, 0.05) is 50.0 Å². The van der Waals surface area contributed by atoms with Crippen LogP contribution in [0, 0.1) is 5.82 Å². The van der Waals surface area contributed by atoms with Crippen molar-refractivity contribution in [3.63, 3.8) is 0 Å². The van der Waals surface area contributed by atoms with Gasteiger partial charge in [0.25, 0.3) is 5.91 Å². The lowest BCUT2D eigenvalue weighted by molar-refractivity contribution is 0.0950. The number of carbonyl (C=O) groups excluding carboxylic acids is 2. The molecule has 0 bridgehead atoms. The average Bonchev–Trinajstić information content (AvgIpc) is 3.70. The number of alkyl halides is 1. The zero-order valence-corrected chi connectivity index (χ0v) is 22.9. The van der Waals surface area contributed by atoms with Gasteiger partial charge in [-0.25, -0.2) is 18.6 Å². The molecule has 2 amide bonds. The maximum atomic E-state index is 14.8. The summed E-state index contributed by atoms with van der Waals surface area (Å²) in [5.41, 5.74) is 2.66. The molecule has 4 aromatic rings. The van der Waals surface area contributed by atoms with Crippen LogP contribution in [-0.4, -0.2) is 76.6 Å². The number of piperidine rings is 1. The van der Waals surface area contributed by atoms with E-state index in [1.807, 2.05) is 22.7 Å². The molecule has 2 aromatic carbocycles. The normalized spacial score (nSPS) is 16.7. The fourth-order valence-electron chi connectivity index (χ4n) is 5.31. The number of nitrogens with one attached hydrogen (secondary N) is 1. The number of rotatable bonds is 7. The fraction of sp³-hybridized carbons (Fsp3) is 0.414. The summed E-state index contributed by atoms with van der Waals surface area (Å²) in [7, 11) is 0. The van der Waals surface area contributed by atoms with Crippen molar-refractivity contribution < 1.29 is 23.1 Å². The Kier molecular flexibility index (Phi) is 7.66. The Hall–Kier alpha value is -3.57. The molecule has 0 saturated carbocycles. The second-order valence-electron chi connectivity index (χ2n) is 10.4. The van der Waals surface area contributed by atoms with Gasteiger partial charge in [-0.3, -0.25) is 9.20 Å². The van der Waals surface area contributed by atoms with Crippen molar-refractivity contribution in [3.05, 3.63) is 54.0 Å². The highest BCUT2D eigenvalue weighted by atomic mass is 32.1. The summed E-state index contributed by atoms with van der Waals surface area (Å²) in [6.45, 7) is 4.24. The van der Waals surface area contributed by atoms with Crippen molar-refractivity contribution in [2.45, 2.75) is 38.3 Å². The van der Waals surface area contributed by atoms with E-state index in [9.17, 15) is 18.4 Å². The Bertz CT molecular complexity index is 1540. The zero-order chi connectivity index (χ0) is 27.6. The number of aromatic nitrogens is 2. The second-order valence-corrected chi connectivity index (χ2v) is 11.4. The van der Waals surface area contributed by atoms with E-state index in [-0.39, 0.29) is 11.7 Å². The Morgan fingerprint density at radius 1 is 1.07 bits per heavy atom. The van der Waals surface area contributed by atoms with E-state index >= 15 is 0 Å². The van der Waals surface area contributed by atoms with Gasteiger partial charge in [-0.15, -0.1) is 0 Å². The standard InChI is InChI=1S/C29H31F2N5O3S/c30-21-8-14-34(15-9-21)11-3-10-32-27(37)20-4-6-24-26(17-20)40-28-33-23(18-36(24)28)19-5-7-25(22(31)16-19)39-29(38)35-12-1-2-13-35/h4-7,16-18,21H,1-3,8-15H2,(H,32,37). The largest absolute Gasteiger partial charge is 0.415 e. The van der Waals surface area contributed by atoms with Crippen LogP contribution in [0.2, 0.25) is 0 Å². The minimum absolute atomic E-state index is 0.0978. The second kappa shape index (κ2) is 11.5. The summed E-state index contributed by atoms with van der Waals surface area (Å²) in [6, 6.07) is 10.0. The highest BCUT2D eigenvalue weighted by Crippen LogP contribution is 2.32. The number of amides is 2. The van der Waals surface area contributed by atoms with E-state index in [2.05, 4.69) is 15.2 Å². The van der Waals surface area contributed by atoms with Crippen molar-refractivity contribution in [2.75, 3.05) is 39.3 Å². The molecule has 0 atom stereocenters. The predicted octanol–water partition coefficient (Wildman–Crippen LogP) is 5.50. The maximum absolute atomic E-state index is 14.8. The number of halogens is 2. The van der Waals surface area contributed by atoms with E-state index < -0.39 is 18.1 Å². The molecule has 0 aliphatic carbocycles. The van der Waals surface area contributed by atoms with Crippen LogP contribution in [0.25, 0.3) is 26.4 Å². The van der Waals surface area contributed by atoms with Crippen molar-refractivity contribution in [1.29, 1.82) is 0 Å². The number of fused-ring (bicyclic) bond motifs is 3. The lowest BCUT2D eigenvalue weighted by atomic mass is 10.1. The van der Waals surface area contributed by atoms with Crippen molar-refractivity contribution in [3.8, 4) is 17.0 Å². The smallest absolute Gasteiger partial charge is 0.407 e. The first-order valence-corrected chi connectivity index (χ1v) is 14.6. The first-order valence-electron chi connectivity index (χ1n) is 13.8. The molecule has 8 nitrogen and oxygen atoms in total. The van der Waals surface area contributed by atoms with E-state index in [4.69, 9.17) is 4.74 Å². The molecule has 2 aliphatic heterocycles. The summed E-state index contributed by atoms with van der Waals surface area (Å²) in [6.07, 6.45) is 4.51. The Morgan fingerprint density at radius 3 is 2.65 bits per heavy atom. The van der Waals surface area contributed by atoms with Gasteiger partial charge in [0.05, 0.1) is 15.9 Å². The lowest BCUT2D eigenvalue weighted by Gasteiger charge is -2.28. The van der Waals surface area contributed by atoms with Crippen LogP contribution >= 0.6 is 11.3 Å². The summed E-state index contributed by atoms with van der Waals surface area (Å²) in [5, 5.41) is 2.98. The lowest BCUT2D eigenvalue weighted by Crippen LogP contribution is -2.36. The van der Waals surface area contributed by atoms with Crippen molar-refractivity contribution >= 4 is 38.5 Å². The van der Waals surface area contributed by atoms with Gasteiger partial charge in [0.2, 0.25) is 0 Å². The molecule has 2 aliphatic rings. The summed E-state index contributed by atoms with van der Waals surface area (Å²) in [5.74, 6) is -0.845. The van der Waals surface area contributed by atoms with Crippen LogP contribution in [0.15, 0.2) is 42.6 Å². The van der Waals surface area contributed by atoms with Crippen LogP contribution in [0.5, 0.6) is 5.75 Å². The quantitative estimate of drug-likeness (QED) is 0.298. The highest BCUT2D eigenvalue weighted by Gasteiger charge is 2.22. The highest BCUT2D eigenvalue weighted by molar-refractivity contribution is 7.23. The number of nitrogens with zero attached hydrogens (tertiary/aromatic N) is 4. The van der Waals surface area contributed by atoms with Gasteiger partial charge >= 0.3 is 6.09 Å². The number of benzene rings is 2. The molecule has 0 unspecified atom stereocenters. The molecular formula is C29H31F2N5O3S. The van der Waals surface area contributed by atoms with E-state index in [0.717, 1.165) is 54.1 Å². The Balaban J connectivity index is 1.09. The van der Waals surface area contributed by atoms with E-state index in [0.29, 0.717) is 49.3 Å². The van der Waals surface area contributed by atoms with Crippen LogP contribution < -0.4 is 10.1 Å². The Labute approximate surface area is 234 Å².